The summed E-state index contributed by atoms with van der Waals surface area (Å²) >= 11 is 5.99. The van der Waals surface area contributed by atoms with Gasteiger partial charge in [-0.2, -0.15) is 5.10 Å². The van der Waals surface area contributed by atoms with Crippen LogP contribution in [0.15, 0.2) is 42.5 Å². The van der Waals surface area contributed by atoms with E-state index in [-0.39, 0.29) is 5.82 Å². The van der Waals surface area contributed by atoms with E-state index < -0.39 is 0 Å². The van der Waals surface area contributed by atoms with Crippen LogP contribution in [0.1, 0.15) is 42.1 Å². The minimum atomic E-state index is -0.352. The summed E-state index contributed by atoms with van der Waals surface area (Å²) in [6.45, 7) is 4.03. The van der Waals surface area contributed by atoms with Gasteiger partial charge in [0.1, 0.15) is 5.82 Å². The number of rotatable bonds is 3. The van der Waals surface area contributed by atoms with E-state index in [1.807, 2.05) is 13.0 Å². The molecule has 2 aromatic heterocycles. The van der Waals surface area contributed by atoms with Crippen LogP contribution >= 0.6 is 11.6 Å². The highest BCUT2D eigenvalue weighted by Crippen LogP contribution is 2.33. The molecule has 0 bridgehead atoms. The van der Waals surface area contributed by atoms with Gasteiger partial charge in [-0.15, -0.1) is 0 Å². The smallest absolute Gasteiger partial charge is 0.156 e. The van der Waals surface area contributed by atoms with Crippen molar-refractivity contribution in [1.82, 2.24) is 14.6 Å². The molecule has 0 aliphatic heterocycles. The molecule has 152 valence electrons. The summed E-state index contributed by atoms with van der Waals surface area (Å²) in [4.78, 5) is 4.77. The molecule has 4 aromatic rings. The number of hydrogen-bond donors (Lipinski definition) is 0. The highest BCUT2D eigenvalue weighted by Gasteiger charge is 2.20. The number of fused-ring (bicyclic) bond motifs is 2. The predicted octanol–water partition coefficient (Wildman–Crippen LogP) is 6.61. The van der Waals surface area contributed by atoms with E-state index in [1.165, 1.54) is 30.0 Å². The van der Waals surface area contributed by atoms with Crippen LogP contribution in [0.2, 0.25) is 5.02 Å². The van der Waals surface area contributed by atoms with Gasteiger partial charge in [-0.3, -0.25) is 0 Å². The number of benzene rings is 2. The van der Waals surface area contributed by atoms with Crippen LogP contribution in [0.5, 0.6) is 0 Å². The van der Waals surface area contributed by atoms with E-state index >= 15 is 0 Å². The lowest BCUT2D eigenvalue weighted by Crippen LogP contribution is -2.06. The molecular weight excluding hydrogens is 397 g/mol. The van der Waals surface area contributed by atoms with Gasteiger partial charge in [-0.05, 0) is 80.0 Å². The number of halogens is 2. The van der Waals surface area contributed by atoms with Crippen LogP contribution in [0.25, 0.3) is 28.2 Å². The molecule has 2 heterocycles. The summed E-state index contributed by atoms with van der Waals surface area (Å²) in [5, 5.41) is 5.26. The molecule has 0 saturated heterocycles. The Morgan fingerprint density at radius 3 is 2.60 bits per heavy atom. The molecule has 0 fully saturated rings. The maximum absolute atomic E-state index is 14.9. The third-order valence-corrected chi connectivity index (χ3v) is 6.33. The lowest BCUT2D eigenvalue weighted by Gasteiger charge is -2.16. The van der Waals surface area contributed by atoms with Gasteiger partial charge in [0.15, 0.2) is 5.65 Å². The van der Waals surface area contributed by atoms with Crippen LogP contribution in [0.4, 0.5) is 4.39 Å². The summed E-state index contributed by atoms with van der Waals surface area (Å²) in [6.07, 6.45) is 5.51. The first kappa shape index (κ1) is 19.3. The van der Waals surface area contributed by atoms with Crippen LogP contribution in [0.3, 0.4) is 0 Å². The molecule has 0 amide bonds. The van der Waals surface area contributed by atoms with Gasteiger partial charge in [0.2, 0.25) is 0 Å². The first-order valence-electron chi connectivity index (χ1n) is 10.5. The number of hydrogen-bond acceptors (Lipinski definition) is 2. The van der Waals surface area contributed by atoms with Crippen molar-refractivity contribution in [3.63, 3.8) is 0 Å². The van der Waals surface area contributed by atoms with E-state index in [4.69, 9.17) is 21.7 Å². The SMILES string of the molecule is CCc1c(C)nc2cc(-c3ccc4c(c3)CCCC4)nn2c1-c1ccc(Cl)cc1F. The molecule has 30 heavy (non-hydrogen) atoms. The van der Waals surface area contributed by atoms with Crippen molar-refractivity contribution in [1.29, 1.82) is 0 Å². The maximum Gasteiger partial charge on any atom is 0.156 e. The van der Waals surface area contributed by atoms with Gasteiger partial charge in [-0.25, -0.2) is 13.9 Å². The van der Waals surface area contributed by atoms with Crippen molar-refractivity contribution >= 4 is 17.2 Å². The van der Waals surface area contributed by atoms with E-state index in [0.29, 0.717) is 10.6 Å². The molecule has 3 nitrogen and oxygen atoms in total. The maximum atomic E-state index is 14.9. The molecule has 1 aliphatic carbocycles. The average Bonchev–Trinajstić information content (AvgIpc) is 3.16. The molecule has 0 saturated carbocycles. The zero-order valence-electron chi connectivity index (χ0n) is 17.2. The number of nitrogens with zero attached hydrogens (tertiary/aromatic N) is 3. The Balaban J connectivity index is 1.73. The highest BCUT2D eigenvalue weighted by molar-refractivity contribution is 6.30. The lowest BCUT2D eigenvalue weighted by atomic mass is 9.90. The zero-order valence-corrected chi connectivity index (χ0v) is 17.9. The second kappa shape index (κ2) is 7.51. The Bertz CT molecular complexity index is 1280. The normalized spacial score (nSPS) is 13.6. The largest absolute Gasteiger partial charge is 0.234 e. The topological polar surface area (TPSA) is 30.2 Å². The van der Waals surface area contributed by atoms with Gasteiger partial charge in [-0.1, -0.05) is 30.7 Å². The van der Waals surface area contributed by atoms with Gasteiger partial charge < -0.3 is 0 Å². The zero-order chi connectivity index (χ0) is 20.8. The van der Waals surface area contributed by atoms with E-state index in [2.05, 4.69) is 25.1 Å². The summed E-state index contributed by atoms with van der Waals surface area (Å²) in [6, 6.07) is 13.4. The predicted molar refractivity (Wildman–Crippen MR) is 120 cm³/mol. The molecule has 0 radical (unpaired) electrons. The molecule has 5 rings (SSSR count). The van der Waals surface area contributed by atoms with Crippen molar-refractivity contribution < 1.29 is 4.39 Å². The van der Waals surface area contributed by atoms with Crippen molar-refractivity contribution in [3.8, 4) is 22.5 Å². The van der Waals surface area contributed by atoms with Crippen molar-refractivity contribution in [2.75, 3.05) is 0 Å². The fraction of sp³-hybridized carbons (Fsp3) is 0.280. The summed E-state index contributed by atoms with van der Waals surface area (Å²) in [5.74, 6) is -0.352. The molecule has 0 atom stereocenters. The van der Waals surface area contributed by atoms with Crippen LogP contribution in [0, 0.1) is 12.7 Å². The second-order valence-electron chi connectivity index (χ2n) is 7.99. The summed E-state index contributed by atoms with van der Waals surface area (Å²) in [5.41, 5.74) is 8.65. The Morgan fingerprint density at radius 1 is 1.03 bits per heavy atom. The van der Waals surface area contributed by atoms with E-state index in [1.54, 1.807) is 16.6 Å². The summed E-state index contributed by atoms with van der Waals surface area (Å²) in [7, 11) is 0. The number of aryl methyl sites for hydroxylation is 3. The minimum absolute atomic E-state index is 0.352. The van der Waals surface area contributed by atoms with E-state index in [9.17, 15) is 4.39 Å². The third kappa shape index (κ3) is 3.20. The molecule has 5 heteroatoms. The fourth-order valence-corrected chi connectivity index (χ4v) is 4.73. The molecule has 0 spiro atoms. The molecule has 2 aromatic carbocycles. The Labute approximate surface area is 180 Å². The Hall–Kier alpha value is -2.72. The van der Waals surface area contributed by atoms with Crippen molar-refractivity contribution in [2.24, 2.45) is 0 Å². The van der Waals surface area contributed by atoms with Gasteiger partial charge in [0.05, 0.1) is 11.4 Å². The first-order valence-corrected chi connectivity index (χ1v) is 10.9. The van der Waals surface area contributed by atoms with Gasteiger partial charge in [0, 0.05) is 27.9 Å². The molecule has 0 N–H and O–H groups in total. The lowest BCUT2D eigenvalue weighted by molar-refractivity contribution is 0.629. The second-order valence-corrected chi connectivity index (χ2v) is 8.43. The fourth-order valence-electron chi connectivity index (χ4n) is 4.57. The Kier molecular flexibility index (Phi) is 4.82. The standard InChI is InChI=1S/C25H23ClFN3/c1-3-20-15(2)28-24-14-23(18-9-8-16-6-4-5-7-17(16)12-18)29-30(24)25(20)21-11-10-19(26)13-22(21)27/h8-14H,3-7H2,1-2H3. The molecule has 0 unspecified atom stereocenters. The number of aromatic nitrogens is 3. The molecule has 1 aliphatic rings. The average molecular weight is 420 g/mol. The van der Waals surface area contributed by atoms with Crippen LogP contribution in [-0.4, -0.2) is 14.6 Å². The van der Waals surface area contributed by atoms with Gasteiger partial charge >= 0.3 is 0 Å². The monoisotopic (exact) mass is 419 g/mol. The third-order valence-electron chi connectivity index (χ3n) is 6.09. The van der Waals surface area contributed by atoms with Gasteiger partial charge in [0.25, 0.3) is 0 Å². The first-order chi connectivity index (χ1) is 14.5. The quantitative estimate of drug-likeness (QED) is 0.374. The van der Waals surface area contributed by atoms with E-state index in [0.717, 1.165) is 53.1 Å². The summed E-state index contributed by atoms with van der Waals surface area (Å²) < 4.78 is 16.7. The molecular formula is C25H23ClFN3. The van der Waals surface area contributed by atoms with Crippen molar-refractivity contribution in [2.45, 2.75) is 46.0 Å². The Morgan fingerprint density at radius 2 is 1.83 bits per heavy atom. The highest BCUT2D eigenvalue weighted by atomic mass is 35.5. The van der Waals surface area contributed by atoms with Crippen LogP contribution in [-0.2, 0) is 19.3 Å². The van der Waals surface area contributed by atoms with Crippen LogP contribution < -0.4 is 0 Å². The van der Waals surface area contributed by atoms with Crippen molar-refractivity contribution in [3.05, 3.63) is 75.7 Å². The minimum Gasteiger partial charge on any atom is -0.234 e.